The maximum atomic E-state index is 10.8. The lowest BCUT2D eigenvalue weighted by molar-refractivity contribution is 0.101. The minimum absolute atomic E-state index is 0.0336. The third-order valence-corrected chi connectivity index (χ3v) is 1.47. The van der Waals surface area contributed by atoms with E-state index in [1.54, 1.807) is 12.3 Å². The number of rotatable bonds is 2. The van der Waals surface area contributed by atoms with Crippen LogP contribution >= 0.6 is 0 Å². The number of aromatic amines is 1. The molecule has 0 atom stereocenters. The predicted molar refractivity (Wildman–Crippen MR) is 40.8 cm³/mol. The first-order chi connectivity index (χ1) is 5.11. The van der Waals surface area contributed by atoms with Crippen LogP contribution in [0.1, 0.15) is 34.7 Å². The van der Waals surface area contributed by atoms with Crippen molar-refractivity contribution in [2.75, 3.05) is 0 Å². The van der Waals surface area contributed by atoms with Gasteiger partial charge in [0.2, 0.25) is 0 Å². The summed E-state index contributed by atoms with van der Waals surface area (Å²) in [6.45, 7) is 2.92. The molecule has 1 heterocycles. The van der Waals surface area contributed by atoms with E-state index in [4.69, 9.17) is 0 Å². The molecule has 0 bridgehead atoms. The molecule has 0 aliphatic rings. The molecule has 0 spiro atoms. The maximum absolute atomic E-state index is 10.8. The second-order valence-corrected chi connectivity index (χ2v) is 2.41. The summed E-state index contributed by atoms with van der Waals surface area (Å²) in [6.07, 6.45) is 1.54. The van der Waals surface area contributed by atoms with Crippen LogP contribution < -0.4 is 0 Å². The molecule has 0 radical (unpaired) electrons. The van der Waals surface area contributed by atoms with Crippen molar-refractivity contribution in [2.45, 2.75) is 13.8 Å². The zero-order valence-electron chi connectivity index (χ0n) is 6.47. The Labute approximate surface area is 64.4 Å². The van der Waals surface area contributed by atoms with E-state index in [1.165, 1.54) is 13.8 Å². The molecule has 0 unspecified atom stereocenters. The van der Waals surface area contributed by atoms with E-state index in [0.29, 0.717) is 11.3 Å². The number of carbonyl (C=O) groups excluding carboxylic acids is 2. The SMILES string of the molecule is CC(=O)c1c[nH]c(C(C)=O)c1. The molecular formula is C8H9NO2. The quantitative estimate of drug-likeness (QED) is 0.650. The van der Waals surface area contributed by atoms with Gasteiger partial charge in [-0.3, -0.25) is 9.59 Å². The first-order valence-electron chi connectivity index (χ1n) is 3.31. The Balaban J connectivity index is 2.99. The Hall–Kier alpha value is -1.38. The monoisotopic (exact) mass is 151 g/mol. The zero-order chi connectivity index (χ0) is 8.43. The second-order valence-electron chi connectivity index (χ2n) is 2.41. The van der Waals surface area contributed by atoms with Gasteiger partial charge in [-0.1, -0.05) is 0 Å². The molecule has 58 valence electrons. The van der Waals surface area contributed by atoms with E-state index in [2.05, 4.69) is 4.98 Å². The molecule has 0 aromatic carbocycles. The van der Waals surface area contributed by atoms with Crippen LogP contribution in [0.15, 0.2) is 12.3 Å². The van der Waals surface area contributed by atoms with Crippen molar-refractivity contribution in [3.05, 3.63) is 23.5 Å². The van der Waals surface area contributed by atoms with Gasteiger partial charge in [0.1, 0.15) is 0 Å². The van der Waals surface area contributed by atoms with Gasteiger partial charge in [0.05, 0.1) is 5.69 Å². The van der Waals surface area contributed by atoms with Gasteiger partial charge in [-0.2, -0.15) is 0 Å². The van der Waals surface area contributed by atoms with Gasteiger partial charge in [-0.05, 0) is 13.0 Å². The molecule has 0 aliphatic carbocycles. The number of ketones is 2. The van der Waals surface area contributed by atoms with Gasteiger partial charge in [0.15, 0.2) is 11.6 Å². The Bertz CT molecular complexity index is 270. The lowest BCUT2D eigenvalue weighted by Crippen LogP contribution is -1.90. The molecule has 3 heteroatoms. The van der Waals surface area contributed by atoms with Gasteiger partial charge >= 0.3 is 0 Å². The molecule has 3 nitrogen and oxygen atoms in total. The molecule has 0 saturated heterocycles. The van der Waals surface area contributed by atoms with Crippen molar-refractivity contribution < 1.29 is 9.59 Å². The molecule has 0 amide bonds. The summed E-state index contributed by atoms with van der Waals surface area (Å²) in [5.74, 6) is -0.0914. The summed E-state index contributed by atoms with van der Waals surface area (Å²) in [5, 5.41) is 0. The second kappa shape index (κ2) is 2.70. The topological polar surface area (TPSA) is 49.9 Å². The van der Waals surface area contributed by atoms with E-state index < -0.39 is 0 Å². The van der Waals surface area contributed by atoms with Crippen molar-refractivity contribution in [1.29, 1.82) is 0 Å². The number of H-pyrrole nitrogens is 1. The fourth-order valence-corrected chi connectivity index (χ4v) is 0.801. The summed E-state index contributed by atoms with van der Waals surface area (Å²) in [5.41, 5.74) is 1.03. The van der Waals surface area contributed by atoms with Crippen LogP contribution in [0.4, 0.5) is 0 Å². The van der Waals surface area contributed by atoms with Crippen molar-refractivity contribution in [2.24, 2.45) is 0 Å². The largest absolute Gasteiger partial charge is 0.358 e. The third-order valence-electron chi connectivity index (χ3n) is 1.47. The lowest BCUT2D eigenvalue weighted by atomic mass is 10.2. The molecular weight excluding hydrogens is 142 g/mol. The Kier molecular flexibility index (Phi) is 1.89. The molecule has 0 aliphatic heterocycles. The zero-order valence-corrected chi connectivity index (χ0v) is 6.47. The average Bonchev–Trinajstić information content (AvgIpc) is 2.33. The Morgan fingerprint density at radius 3 is 2.18 bits per heavy atom. The fraction of sp³-hybridized carbons (Fsp3) is 0.250. The van der Waals surface area contributed by atoms with E-state index in [9.17, 15) is 9.59 Å². The summed E-state index contributed by atoms with van der Waals surface area (Å²) in [7, 11) is 0. The number of hydrogen-bond acceptors (Lipinski definition) is 2. The molecule has 1 N–H and O–H groups in total. The van der Waals surface area contributed by atoms with Crippen LogP contribution in [0.5, 0.6) is 0 Å². The molecule has 1 aromatic rings. The molecule has 0 saturated carbocycles. The molecule has 1 rings (SSSR count). The van der Waals surface area contributed by atoms with Gasteiger partial charge in [0, 0.05) is 18.7 Å². The van der Waals surface area contributed by atoms with E-state index >= 15 is 0 Å². The number of carbonyl (C=O) groups is 2. The molecule has 11 heavy (non-hydrogen) atoms. The number of nitrogens with one attached hydrogen (secondary N) is 1. The van der Waals surface area contributed by atoms with Crippen LogP contribution in [-0.4, -0.2) is 16.6 Å². The average molecular weight is 151 g/mol. The minimum Gasteiger partial charge on any atom is -0.358 e. The van der Waals surface area contributed by atoms with Crippen molar-refractivity contribution in [1.82, 2.24) is 4.98 Å². The summed E-state index contributed by atoms with van der Waals surface area (Å²) < 4.78 is 0. The smallest absolute Gasteiger partial charge is 0.175 e. The van der Waals surface area contributed by atoms with Gasteiger partial charge in [-0.15, -0.1) is 0 Å². The van der Waals surface area contributed by atoms with Gasteiger partial charge in [0.25, 0.3) is 0 Å². The first-order valence-corrected chi connectivity index (χ1v) is 3.31. The highest BCUT2D eigenvalue weighted by Crippen LogP contribution is 2.04. The van der Waals surface area contributed by atoms with Crippen LogP contribution in [0, 0.1) is 0 Å². The highest BCUT2D eigenvalue weighted by atomic mass is 16.1. The predicted octanol–water partition coefficient (Wildman–Crippen LogP) is 1.42. The Morgan fingerprint density at radius 2 is 1.91 bits per heavy atom. The molecule has 1 aromatic heterocycles. The highest BCUT2D eigenvalue weighted by molar-refractivity contribution is 5.98. The lowest BCUT2D eigenvalue weighted by Gasteiger charge is -1.83. The third kappa shape index (κ3) is 1.55. The van der Waals surface area contributed by atoms with Crippen molar-refractivity contribution in [3.63, 3.8) is 0 Å². The van der Waals surface area contributed by atoms with Crippen LogP contribution in [0.2, 0.25) is 0 Å². The van der Waals surface area contributed by atoms with E-state index in [1.807, 2.05) is 0 Å². The van der Waals surface area contributed by atoms with Crippen LogP contribution in [0.3, 0.4) is 0 Å². The van der Waals surface area contributed by atoms with Crippen LogP contribution in [-0.2, 0) is 0 Å². The fourth-order valence-electron chi connectivity index (χ4n) is 0.801. The van der Waals surface area contributed by atoms with Gasteiger partial charge < -0.3 is 4.98 Å². The summed E-state index contributed by atoms with van der Waals surface area (Å²) in [4.78, 5) is 24.2. The Morgan fingerprint density at radius 1 is 1.27 bits per heavy atom. The maximum Gasteiger partial charge on any atom is 0.175 e. The van der Waals surface area contributed by atoms with E-state index in [0.717, 1.165) is 0 Å². The minimum atomic E-state index is -0.0579. The van der Waals surface area contributed by atoms with Crippen LogP contribution in [0.25, 0.3) is 0 Å². The standard InChI is InChI=1S/C8H9NO2/c1-5(10)7-3-8(6(2)11)9-4-7/h3-4,9H,1-2H3. The number of Topliss-reactive ketones (excluding diaryl/α,β-unsaturated/α-hetero) is 2. The first kappa shape index (κ1) is 7.72. The molecule has 0 fully saturated rings. The van der Waals surface area contributed by atoms with Crippen molar-refractivity contribution >= 4 is 11.6 Å². The van der Waals surface area contributed by atoms with Crippen molar-refractivity contribution in [3.8, 4) is 0 Å². The number of hydrogen-bond donors (Lipinski definition) is 1. The normalized spacial score (nSPS) is 9.64. The summed E-state index contributed by atoms with van der Waals surface area (Å²) in [6, 6.07) is 1.56. The highest BCUT2D eigenvalue weighted by Gasteiger charge is 2.05. The van der Waals surface area contributed by atoms with E-state index in [-0.39, 0.29) is 11.6 Å². The van der Waals surface area contributed by atoms with Gasteiger partial charge in [-0.25, -0.2) is 0 Å². The number of aromatic nitrogens is 1. The summed E-state index contributed by atoms with van der Waals surface area (Å²) >= 11 is 0.